The molecular weight excluding hydrogens is 388 g/mol. The van der Waals surface area contributed by atoms with Crippen molar-refractivity contribution in [2.45, 2.75) is 39.3 Å². The van der Waals surface area contributed by atoms with E-state index in [1.807, 2.05) is 11.6 Å². The number of para-hydroxylation sites is 1. The molecule has 1 aliphatic rings. The highest BCUT2D eigenvalue weighted by atomic mass is 16.5. The standard InChI is InChI=1S/C24H32N6O/c1-5-31-21-13-11-19(12-14-21)22(23-25-26-27-30(23)24(2,3)4)29-17-15-28(16-18-29)20-9-7-6-8-10-20/h6-14,22H,5,15-18H2,1-4H3/p+1/t22-/m0/s1. The average molecular weight is 422 g/mol. The van der Waals surface area contributed by atoms with Gasteiger partial charge in [0.25, 0.3) is 0 Å². The molecule has 1 N–H and O–H groups in total. The second kappa shape index (κ2) is 9.06. The van der Waals surface area contributed by atoms with Gasteiger partial charge in [-0.05, 0) is 74.5 Å². The molecule has 0 aliphatic carbocycles. The van der Waals surface area contributed by atoms with Gasteiger partial charge in [-0.2, -0.15) is 0 Å². The van der Waals surface area contributed by atoms with E-state index in [9.17, 15) is 0 Å². The molecule has 0 radical (unpaired) electrons. The molecule has 1 atom stereocenters. The van der Waals surface area contributed by atoms with Gasteiger partial charge in [-0.1, -0.05) is 18.2 Å². The van der Waals surface area contributed by atoms with Gasteiger partial charge >= 0.3 is 0 Å². The normalized spacial score (nSPS) is 16.3. The van der Waals surface area contributed by atoms with Crippen LogP contribution in [0.25, 0.3) is 0 Å². The average Bonchev–Trinajstić information content (AvgIpc) is 3.27. The summed E-state index contributed by atoms with van der Waals surface area (Å²) in [5.41, 5.74) is 2.32. The third-order valence-corrected chi connectivity index (χ3v) is 5.85. The summed E-state index contributed by atoms with van der Waals surface area (Å²) in [6.07, 6.45) is 0. The topological polar surface area (TPSA) is 60.5 Å². The van der Waals surface area contributed by atoms with Crippen molar-refractivity contribution in [2.75, 3.05) is 37.7 Å². The Kier molecular flexibility index (Phi) is 6.23. The van der Waals surface area contributed by atoms with E-state index in [2.05, 4.69) is 95.8 Å². The molecule has 3 aromatic rings. The van der Waals surface area contributed by atoms with Gasteiger partial charge in [-0.25, -0.2) is 4.68 Å². The second-order valence-electron chi connectivity index (χ2n) is 9.04. The highest BCUT2D eigenvalue weighted by molar-refractivity contribution is 5.46. The quantitative estimate of drug-likeness (QED) is 0.662. The van der Waals surface area contributed by atoms with E-state index in [0.717, 1.165) is 37.8 Å². The third-order valence-electron chi connectivity index (χ3n) is 5.85. The zero-order valence-corrected chi connectivity index (χ0v) is 19.0. The number of quaternary nitrogens is 1. The zero-order chi connectivity index (χ0) is 21.8. The number of hydrogen-bond acceptors (Lipinski definition) is 5. The number of ether oxygens (including phenoxy) is 1. The molecule has 1 saturated heterocycles. The molecule has 0 amide bonds. The molecule has 0 spiro atoms. The molecule has 0 unspecified atom stereocenters. The monoisotopic (exact) mass is 421 g/mol. The fourth-order valence-electron chi connectivity index (χ4n) is 4.32. The van der Waals surface area contributed by atoms with Crippen molar-refractivity contribution < 1.29 is 9.64 Å². The highest BCUT2D eigenvalue weighted by Gasteiger charge is 2.36. The van der Waals surface area contributed by atoms with Crippen molar-refractivity contribution in [1.29, 1.82) is 0 Å². The number of nitrogens with zero attached hydrogens (tertiary/aromatic N) is 5. The maximum absolute atomic E-state index is 5.66. The van der Waals surface area contributed by atoms with Crippen LogP contribution in [0.4, 0.5) is 5.69 Å². The first kappa shape index (κ1) is 21.3. The van der Waals surface area contributed by atoms with Crippen LogP contribution in [0.5, 0.6) is 5.75 Å². The van der Waals surface area contributed by atoms with Crippen LogP contribution >= 0.6 is 0 Å². The molecule has 164 valence electrons. The van der Waals surface area contributed by atoms with Gasteiger partial charge in [0.15, 0.2) is 6.04 Å². The van der Waals surface area contributed by atoms with Crippen molar-refractivity contribution >= 4 is 5.69 Å². The van der Waals surface area contributed by atoms with Crippen molar-refractivity contribution in [3.8, 4) is 5.75 Å². The van der Waals surface area contributed by atoms with Gasteiger partial charge in [0.05, 0.1) is 38.3 Å². The van der Waals surface area contributed by atoms with Gasteiger partial charge in [0.2, 0.25) is 5.82 Å². The number of piperazine rings is 1. The third kappa shape index (κ3) is 4.71. The lowest BCUT2D eigenvalue weighted by molar-refractivity contribution is -0.927. The highest BCUT2D eigenvalue weighted by Crippen LogP contribution is 2.24. The maximum atomic E-state index is 5.66. The Morgan fingerprint density at radius 3 is 2.29 bits per heavy atom. The smallest absolute Gasteiger partial charge is 0.214 e. The number of benzene rings is 2. The fourth-order valence-corrected chi connectivity index (χ4v) is 4.32. The maximum Gasteiger partial charge on any atom is 0.214 e. The number of rotatable bonds is 6. The van der Waals surface area contributed by atoms with Crippen LogP contribution in [0.1, 0.15) is 45.1 Å². The summed E-state index contributed by atoms with van der Waals surface area (Å²) >= 11 is 0. The Hall–Kier alpha value is -2.93. The molecular formula is C24H33N6O+. The Balaban J connectivity index is 1.63. The zero-order valence-electron chi connectivity index (χ0n) is 19.0. The summed E-state index contributed by atoms with van der Waals surface area (Å²) in [4.78, 5) is 3.95. The van der Waals surface area contributed by atoms with Crippen molar-refractivity contribution in [3.05, 3.63) is 66.0 Å². The van der Waals surface area contributed by atoms with Gasteiger partial charge < -0.3 is 14.5 Å². The van der Waals surface area contributed by atoms with E-state index < -0.39 is 0 Å². The Bertz CT molecular complexity index is 956. The number of aromatic nitrogens is 4. The van der Waals surface area contributed by atoms with Gasteiger partial charge in [0, 0.05) is 11.3 Å². The van der Waals surface area contributed by atoms with Gasteiger partial charge in [-0.15, -0.1) is 5.10 Å². The Labute approximate surface area is 184 Å². The summed E-state index contributed by atoms with van der Waals surface area (Å²) in [6.45, 7) is 13.1. The van der Waals surface area contributed by atoms with E-state index in [4.69, 9.17) is 4.74 Å². The van der Waals surface area contributed by atoms with Gasteiger partial charge in [-0.3, -0.25) is 0 Å². The molecule has 1 fully saturated rings. The van der Waals surface area contributed by atoms with E-state index in [1.165, 1.54) is 16.2 Å². The molecule has 1 aliphatic heterocycles. The SMILES string of the molecule is CCOc1ccc([C@@H](c2nnnn2C(C)(C)C)[NH+]2CCN(c3ccccc3)CC2)cc1. The summed E-state index contributed by atoms with van der Waals surface area (Å²) < 4.78 is 7.64. The van der Waals surface area contributed by atoms with Crippen LogP contribution in [0.15, 0.2) is 54.6 Å². The molecule has 1 aromatic heterocycles. The van der Waals surface area contributed by atoms with Crippen molar-refractivity contribution in [3.63, 3.8) is 0 Å². The van der Waals surface area contributed by atoms with E-state index >= 15 is 0 Å². The first-order valence-electron chi connectivity index (χ1n) is 11.1. The van der Waals surface area contributed by atoms with Crippen LogP contribution in [0.3, 0.4) is 0 Å². The molecule has 7 nitrogen and oxygen atoms in total. The van der Waals surface area contributed by atoms with E-state index in [1.54, 1.807) is 0 Å². The summed E-state index contributed by atoms with van der Waals surface area (Å²) in [6, 6.07) is 19.2. The molecule has 31 heavy (non-hydrogen) atoms. The van der Waals surface area contributed by atoms with Gasteiger partial charge in [0.1, 0.15) is 5.75 Å². The summed E-state index contributed by atoms with van der Waals surface area (Å²) in [5, 5.41) is 12.9. The molecule has 7 heteroatoms. The van der Waals surface area contributed by atoms with Crippen LogP contribution in [-0.2, 0) is 5.54 Å². The minimum absolute atomic E-state index is 0.0721. The van der Waals surface area contributed by atoms with Crippen LogP contribution in [0, 0.1) is 0 Å². The minimum Gasteiger partial charge on any atom is -0.494 e. The number of anilines is 1. The summed E-state index contributed by atoms with van der Waals surface area (Å²) in [5.74, 6) is 1.81. The first-order valence-corrected chi connectivity index (χ1v) is 11.1. The lowest BCUT2D eigenvalue weighted by Gasteiger charge is -2.37. The number of nitrogens with one attached hydrogen (secondary N) is 1. The number of tetrazole rings is 1. The lowest BCUT2D eigenvalue weighted by Crippen LogP contribution is -3.15. The molecule has 2 aromatic carbocycles. The van der Waals surface area contributed by atoms with Crippen LogP contribution in [-0.4, -0.2) is 53.0 Å². The van der Waals surface area contributed by atoms with Crippen molar-refractivity contribution in [1.82, 2.24) is 20.2 Å². The Morgan fingerprint density at radius 2 is 1.68 bits per heavy atom. The molecule has 4 rings (SSSR count). The minimum atomic E-state index is -0.187. The predicted octanol–water partition coefficient (Wildman–Crippen LogP) is 2.32. The van der Waals surface area contributed by atoms with E-state index in [0.29, 0.717) is 6.61 Å². The van der Waals surface area contributed by atoms with Crippen LogP contribution in [0.2, 0.25) is 0 Å². The molecule has 0 saturated carbocycles. The van der Waals surface area contributed by atoms with Crippen LogP contribution < -0.4 is 14.5 Å². The summed E-state index contributed by atoms with van der Waals surface area (Å²) in [7, 11) is 0. The first-order chi connectivity index (χ1) is 15.0. The fraction of sp³-hybridized carbons (Fsp3) is 0.458. The Morgan fingerprint density at radius 1 is 1.00 bits per heavy atom. The predicted molar refractivity (Wildman–Crippen MR) is 122 cm³/mol. The lowest BCUT2D eigenvalue weighted by atomic mass is 10.0. The second-order valence-corrected chi connectivity index (χ2v) is 9.04. The molecule has 2 heterocycles. The van der Waals surface area contributed by atoms with E-state index in [-0.39, 0.29) is 11.6 Å². The number of hydrogen-bond donors (Lipinski definition) is 1. The largest absolute Gasteiger partial charge is 0.494 e. The van der Waals surface area contributed by atoms with Crippen molar-refractivity contribution in [2.24, 2.45) is 0 Å². The molecule has 0 bridgehead atoms.